The van der Waals surface area contributed by atoms with Crippen LogP contribution < -0.4 is 5.56 Å². The number of hydrogen-bond acceptors (Lipinski definition) is 5. The fourth-order valence-electron chi connectivity index (χ4n) is 4.97. The molecular weight excluding hydrogens is 516 g/mol. The first-order valence-electron chi connectivity index (χ1n) is 12.9. The van der Waals surface area contributed by atoms with Gasteiger partial charge < -0.3 is 4.98 Å². The lowest BCUT2D eigenvalue weighted by Crippen LogP contribution is -2.19. The van der Waals surface area contributed by atoms with Gasteiger partial charge in [0.05, 0.1) is 10.5 Å². The molecule has 1 N–H and O–H groups in total. The number of non-ortho nitro benzene ring substituents is 1. The number of hydrogen-bond donors (Lipinski definition) is 1. The summed E-state index contributed by atoms with van der Waals surface area (Å²) < 4.78 is 1.78. The van der Waals surface area contributed by atoms with E-state index in [4.69, 9.17) is 5.10 Å². The maximum absolute atomic E-state index is 13.8. The van der Waals surface area contributed by atoms with Crippen LogP contribution in [0, 0.1) is 16.0 Å². The number of ketones is 1. The number of carbonyl (C=O) groups is 1. The molecule has 1 aliphatic heterocycles. The van der Waals surface area contributed by atoms with Gasteiger partial charge in [-0.15, -0.1) is 0 Å². The molecule has 1 unspecified atom stereocenters. The average Bonchev–Trinajstić information content (AvgIpc) is 3.44. The fraction of sp³-hybridized carbons (Fsp3) is 0.0303. The van der Waals surface area contributed by atoms with Gasteiger partial charge in [-0.1, -0.05) is 89.6 Å². The molecule has 6 rings (SSSR count). The molecule has 1 aromatic heterocycles. The minimum atomic E-state index is -0.571. The summed E-state index contributed by atoms with van der Waals surface area (Å²) in [6.45, 7) is 0. The molecule has 1 aliphatic rings. The van der Waals surface area contributed by atoms with Crippen LogP contribution in [-0.2, 0) is 0 Å². The molecule has 0 fully saturated rings. The van der Waals surface area contributed by atoms with E-state index in [-0.39, 0.29) is 17.2 Å². The number of benzene rings is 4. The molecule has 1 atom stereocenters. The number of para-hydroxylation sites is 1. The Balaban J connectivity index is 1.46. The Bertz CT molecular complexity index is 1940. The summed E-state index contributed by atoms with van der Waals surface area (Å²) in [6, 6.07) is 32.5. The van der Waals surface area contributed by atoms with E-state index in [1.807, 2.05) is 72.9 Å². The molecule has 8 nitrogen and oxygen atoms in total. The molecule has 0 saturated carbocycles. The highest BCUT2D eigenvalue weighted by Gasteiger charge is 2.29. The summed E-state index contributed by atoms with van der Waals surface area (Å²) in [4.78, 5) is 40.9. The second-order valence-electron chi connectivity index (χ2n) is 9.49. The molecule has 8 heteroatoms. The van der Waals surface area contributed by atoms with Crippen molar-refractivity contribution >= 4 is 40.0 Å². The Morgan fingerprint density at radius 2 is 1.51 bits per heavy atom. The molecule has 4 aromatic carbocycles. The van der Waals surface area contributed by atoms with E-state index in [0.717, 1.165) is 17.0 Å². The molecule has 0 bridgehead atoms. The van der Waals surface area contributed by atoms with Gasteiger partial charge >= 0.3 is 0 Å². The number of rotatable bonds is 7. The zero-order valence-corrected chi connectivity index (χ0v) is 21.7. The van der Waals surface area contributed by atoms with E-state index in [0.29, 0.717) is 22.0 Å². The van der Waals surface area contributed by atoms with Crippen LogP contribution in [0.2, 0.25) is 0 Å². The van der Waals surface area contributed by atoms with Crippen LogP contribution in [0.25, 0.3) is 22.0 Å². The number of allylic oxidation sites excluding steroid dienone is 2. The number of pyridine rings is 1. The van der Waals surface area contributed by atoms with E-state index in [1.165, 1.54) is 24.3 Å². The Morgan fingerprint density at radius 1 is 0.878 bits per heavy atom. The number of nitro groups is 1. The number of aromatic nitrogens is 1. The molecule has 2 heterocycles. The van der Waals surface area contributed by atoms with Crippen LogP contribution in [-0.4, -0.2) is 32.3 Å². The second kappa shape index (κ2) is 10.8. The monoisotopic (exact) mass is 539 g/mol. The lowest BCUT2D eigenvalue weighted by atomic mass is 9.92. The largest absolute Gasteiger partial charge is 0.321 e. The third kappa shape index (κ3) is 5.02. The van der Waals surface area contributed by atoms with Gasteiger partial charge in [0.15, 0.2) is 12.0 Å². The normalized spacial score (nSPS) is 14.7. The Labute approximate surface area is 234 Å². The maximum atomic E-state index is 13.8. The molecule has 0 saturated heterocycles. The molecule has 0 radical (unpaired) electrons. The minimum absolute atomic E-state index is 0.0865. The Hall–Kier alpha value is -5.76. The van der Waals surface area contributed by atoms with Crippen molar-refractivity contribution < 1.29 is 14.4 Å². The van der Waals surface area contributed by atoms with Gasteiger partial charge in [0.1, 0.15) is 11.6 Å². The topological polar surface area (TPSA) is 108 Å². The number of aromatic amines is 1. The summed E-state index contributed by atoms with van der Waals surface area (Å²) in [5, 5.41) is 16.8. The van der Waals surface area contributed by atoms with Crippen molar-refractivity contribution in [1.29, 1.82) is 0 Å². The average molecular weight is 540 g/mol. The van der Waals surface area contributed by atoms with E-state index >= 15 is 0 Å². The van der Waals surface area contributed by atoms with E-state index in [2.05, 4.69) is 4.98 Å². The van der Waals surface area contributed by atoms with Crippen LogP contribution >= 0.6 is 0 Å². The molecule has 0 aliphatic carbocycles. The van der Waals surface area contributed by atoms with Gasteiger partial charge in [-0.3, -0.25) is 19.7 Å². The SMILES string of the molecule is O=C(/C=C/C1C=[N+](c2ccccc2)N=C1c1ccccc1)c1c(-c2ccccc2)c2cc([N+](=O)[O-])ccc2[nH]c1=O. The molecule has 0 spiro atoms. The van der Waals surface area contributed by atoms with Crippen LogP contribution in [0.1, 0.15) is 15.9 Å². The van der Waals surface area contributed by atoms with Crippen molar-refractivity contribution in [3.63, 3.8) is 0 Å². The highest BCUT2D eigenvalue weighted by Crippen LogP contribution is 2.32. The number of H-pyrrole nitrogens is 1. The summed E-state index contributed by atoms with van der Waals surface area (Å²) in [7, 11) is 0. The smallest absolute Gasteiger partial charge is 0.270 e. The van der Waals surface area contributed by atoms with E-state index in [9.17, 15) is 19.7 Å². The molecule has 0 amide bonds. The number of nitrogens with zero attached hydrogens (tertiary/aromatic N) is 3. The molecule has 41 heavy (non-hydrogen) atoms. The predicted molar refractivity (Wildman–Crippen MR) is 159 cm³/mol. The van der Waals surface area contributed by atoms with Crippen molar-refractivity contribution in [3.05, 3.63) is 153 Å². The van der Waals surface area contributed by atoms with Crippen LogP contribution in [0.3, 0.4) is 0 Å². The van der Waals surface area contributed by atoms with Gasteiger partial charge in [-0.25, -0.2) is 0 Å². The van der Waals surface area contributed by atoms with Crippen LogP contribution in [0.15, 0.2) is 131 Å². The molecular formula is C33H23N4O4+. The van der Waals surface area contributed by atoms with Gasteiger partial charge in [0, 0.05) is 51.4 Å². The first-order chi connectivity index (χ1) is 20.0. The lowest BCUT2D eigenvalue weighted by molar-refractivity contribution is -0.437. The summed E-state index contributed by atoms with van der Waals surface area (Å²) >= 11 is 0. The number of nitrogens with one attached hydrogen (secondary N) is 1. The number of nitro benzene ring substituents is 1. The van der Waals surface area contributed by atoms with Gasteiger partial charge in [0.25, 0.3) is 11.2 Å². The summed E-state index contributed by atoms with van der Waals surface area (Å²) in [5.74, 6) is -0.861. The zero-order chi connectivity index (χ0) is 28.3. The summed E-state index contributed by atoms with van der Waals surface area (Å²) in [5.41, 5.74) is 3.10. The quantitative estimate of drug-likeness (QED) is 0.0862. The number of carbonyl (C=O) groups excluding carboxylic acids is 1. The van der Waals surface area contributed by atoms with Crippen molar-refractivity contribution in [2.75, 3.05) is 0 Å². The zero-order valence-electron chi connectivity index (χ0n) is 21.7. The van der Waals surface area contributed by atoms with Crippen LogP contribution in [0.5, 0.6) is 0 Å². The summed E-state index contributed by atoms with van der Waals surface area (Å²) in [6.07, 6.45) is 5.02. The van der Waals surface area contributed by atoms with E-state index in [1.54, 1.807) is 35.0 Å². The number of fused-ring (bicyclic) bond motifs is 1. The standard InChI is InChI=1S/C33H22N4O4/c38-29(19-16-24-21-36(25-14-8-3-9-15-25)35-32(24)23-12-6-2-7-13-23)31-30(22-10-4-1-5-11-22)27-20-26(37(40)41)17-18-28(27)34-33(31)39/h1-21,24H/p+1/b19-16+. The first kappa shape index (κ1) is 25.5. The maximum Gasteiger partial charge on any atom is 0.270 e. The molecule has 5 aromatic rings. The third-order valence-electron chi connectivity index (χ3n) is 6.90. The minimum Gasteiger partial charge on any atom is -0.321 e. The predicted octanol–water partition coefficient (Wildman–Crippen LogP) is 6.29. The highest BCUT2D eigenvalue weighted by molar-refractivity contribution is 6.16. The first-order valence-corrected chi connectivity index (χ1v) is 12.9. The van der Waals surface area contributed by atoms with Gasteiger partial charge in [0.2, 0.25) is 5.69 Å². The van der Waals surface area contributed by atoms with Crippen molar-refractivity contribution in [3.8, 4) is 11.1 Å². The lowest BCUT2D eigenvalue weighted by Gasteiger charge is -2.11. The van der Waals surface area contributed by atoms with Crippen LogP contribution in [0.4, 0.5) is 11.4 Å². The van der Waals surface area contributed by atoms with E-state index < -0.39 is 16.3 Å². The van der Waals surface area contributed by atoms with Gasteiger partial charge in [-0.05, 0) is 17.7 Å². The second-order valence-corrected chi connectivity index (χ2v) is 9.49. The third-order valence-corrected chi connectivity index (χ3v) is 6.90. The Morgan fingerprint density at radius 3 is 2.17 bits per heavy atom. The van der Waals surface area contributed by atoms with Gasteiger partial charge in [-0.2, -0.15) is 0 Å². The molecule has 198 valence electrons. The Kier molecular flexibility index (Phi) is 6.71. The van der Waals surface area contributed by atoms with Crippen molar-refractivity contribution in [2.45, 2.75) is 0 Å². The fourth-order valence-corrected chi connectivity index (χ4v) is 4.97. The van der Waals surface area contributed by atoms with Crippen molar-refractivity contribution in [1.82, 2.24) is 4.98 Å². The highest BCUT2D eigenvalue weighted by atomic mass is 16.6. The number of hydrazone groups is 1. The van der Waals surface area contributed by atoms with Crippen molar-refractivity contribution in [2.24, 2.45) is 11.0 Å².